The maximum Gasteiger partial charge on any atom is 0.342 e. The van der Waals surface area contributed by atoms with Gasteiger partial charge in [-0.05, 0) is 7.05 Å². The van der Waals surface area contributed by atoms with Crippen molar-refractivity contribution < 1.29 is 9.90 Å². The molecule has 0 bridgehead atoms. The van der Waals surface area contributed by atoms with E-state index in [1.807, 2.05) is 11.9 Å². The highest BCUT2D eigenvalue weighted by molar-refractivity contribution is 5.86. The molecule has 1 aliphatic heterocycles. The van der Waals surface area contributed by atoms with Gasteiger partial charge in [0.2, 0.25) is 5.95 Å². The minimum Gasteiger partial charge on any atom is -0.477 e. The lowest BCUT2D eigenvalue weighted by atomic mass is 10.3. The summed E-state index contributed by atoms with van der Waals surface area (Å²) in [6, 6.07) is 0. The number of nitrogens with zero attached hydrogens (tertiary/aromatic N) is 3. The number of likely N-dealkylation sites (N-methyl/N-ethyl adjacent to an activating group) is 1. The maximum absolute atomic E-state index is 11.5. The van der Waals surface area contributed by atoms with Crippen LogP contribution < -0.4 is 10.5 Å². The standard InChI is InChI=1S/C10H14N4O3/c1-13-2-4-14(5-3-13)10-11-6-7(9(16)17)8(15)12-10/h6H,2-5H2,1H3,(H,16,17)(H,11,12,15). The van der Waals surface area contributed by atoms with Crippen molar-refractivity contribution in [3.05, 3.63) is 22.1 Å². The van der Waals surface area contributed by atoms with Gasteiger partial charge in [0.1, 0.15) is 5.56 Å². The molecule has 2 rings (SSSR count). The predicted octanol–water partition coefficient (Wildman–Crippen LogP) is -0.780. The Balaban J connectivity index is 2.20. The maximum atomic E-state index is 11.5. The molecule has 17 heavy (non-hydrogen) atoms. The number of carboxylic acid groups (broad SMARTS) is 1. The van der Waals surface area contributed by atoms with Gasteiger partial charge >= 0.3 is 5.97 Å². The van der Waals surface area contributed by atoms with Crippen molar-refractivity contribution in [3.63, 3.8) is 0 Å². The van der Waals surface area contributed by atoms with E-state index < -0.39 is 11.5 Å². The van der Waals surface area contributed by atoms with Gasteiger partial charge in [-0.1, -0.05) is 0 Å². The van der Waals surface area contributed by atoms with Crippen molar-refractivity contribution in [2.45, 2.75) is 0 Å². The fraction of sp³-hybridized carbons (Fsp3) is 0.500. The van der Waals surface area contributed by atoms with E-state index in [2.05, 4.69) is 14.9 Å². The summed E-state index contributed by atoms with van der Waals surface area (Å²) in [6.07, 6.45) is 1.11. The fourth-order valence-electron chi connectivity index (χ4n) is 1.72. The first-order valence-corrected chi connectivity index (χ1v) is 5.34. The van der Waals surface area contributed by atoms with Crippen LogP contribution >= 0.6 is 0 Å². The Labute approximate surface area is 97.7 Å². The number of H-pyrrole nitrogens is 1. The molecule has 1 aromatic heterocycles. The van der Waals surface area contributed by atoms with Gasteiger partial charge in [0.05, 0.1) is 6.20 Å². The van der Waals surface area contributed by atoms with Crippen LogP contribution in [-0.4, -0.2) is 59.2 Å². The summed E-state index contributed by atoms with van der Waals surface area (Å²) in [7, 11) is 2.03. The van der Waals surface area contributed by atoms with Crippen LogP contribution in [0.1, 0.15) is 10.4 Å². The average molecular weight is 238 g/mol. The van der Waals surface area contributed by atoms with E-state index in [9.17, 15) is 9.59 Å². The van der Waals surface area contributed by atoms with Crippen molar-refractivity contribution in [2.75, 3.05) is 38.1 Å². The number of aromatic amines is 1. The third-order valence-electron chi connectivity index (χ3n) is 2.82. The van der Waals surface area contributed by atoms with E-state index in [0.29, 0.717) is 5.95 Å². The number of carbonyl (C=O) groups is 1. The first kappa shape index (κ1) is 11.6. The number of hydrogen-bond acceptors (Lipinski definition) is 5. The van der Waals surface area contributed by atoms with Gasteiger partial charge in [0.15, 0.2) is 0 Å². The Morgan fingerprint density at radius 1 is 1.41 bits per heavy atom. The van der Waals surface area contributed by atoms with E-state index in [4.69, 9.17) is 5.11 Å². The molecule has 7 heteroatoms. The summed E-state index contributed by atoms with van der Waals surface area (Å²) < 4.78 is 0. The lowest BCUT2D eigenvalue weighted by Gasteiger charge is -2.32. The molecule has 0 saturated carbocycles. The summed E-state index contributed by atoms with van der Waals surface area (Å²) in [6.45, 7) is 3.33. The molecule has 0 spiro atoms. The molecule has 0 aromatic carbocycles. The van der Waals surface area contributed by atoms with Gasteiger partial charge < -0.3 is 14.9 Å². The lowest BCUT2D eigenvalue weighted by molar-refractivity contribution is 0.0694. The van der Waals surface area contributed by atoms with Crippen LogP contribution in [0, 0.1) is 0 Å². The minimum atomic E-state index is -1.26. The molecule has 2 heterocycles. The van der Waals surface area contributed by atoms with E-state index in [-0.39, 0.29) is 5.56 Å². The van der Waals surface area contributed by atoms with Gasteiger partial charge in [0.25, 0.3) is 5.56 Å². The summed E-state index contributed by atoms with van der Waals surface area (Å²) in [4.78, 5) is 32.7. The molecular weight excluding hydrogens is 224 g/mol. The van der Waals surface area contributed by atoms with Gasteiger partial charge in [-0.2, -0.15) is 0 Å². The molecule has 0 atom stereocenters. The second-order valence-electron chi connectivity index (χ2n) is 4.05. The van der Waals surface area contributed by atoms with Crippen LogP contribution in [0.25, 0.3) is 0 Å². The zero-order chi connectivity index (χ0) is 12.4. The Morgan fingerprint density at radius 3 is 2.59 bits per heavy atom. The number of anilines is 1. The summed E-state index contributed by atoms with van der Waals surface area (Å²) in [5, 5.41) is 8.72. The number of nitrogens with one attached hydrogen (secondary N) is 1. The van der Waals surface area contributed by atoms with E-state index in [1.54, 1.807) is 0 Å². The number of piperazine rings is 1. The second-order valence-corrected chi connectivity index (χ2v) is 4.05. The highest BCUT2D eigenvalue weighted by Crippen LogP contribution is 2.07. The quantitative estimate of drug-likeness (QED) is 0.702. The van der Waals surface area contributed by atoms with E-state index in [1.165, 1.54) is 0 Å². The normalized spacial score (nSPS) is 17.1. The first-order chi connectivity index (χ1) is 8.08. The molecule has 1 fully saturated rings. The number of rotatable bonds is 2. The molecule has 0 amide bonds. The SMILES string of the molecule is CN1CCN(c2ncc(C(=O)O)c(=O)[nH]2)CC1. The van der Waals surface area contributed by atoms with Gasteiger partial charge in [0, 0.05) is 26.2 Å². The fourth-order valence-corrected chi connectivity index (χ4v) is 1.72. The smallest absolute Gasteiger partial charge is 0.342 e. The van der Waals surface area contributed by atoms with Crippen molar-refractivity contribution in [1.82, 2.24) is 14.9 Å². The topological polar surface area (TPSA) is 89.5 Å². The molecule has 2 N–H and O–H groups in total. The minimum absolute atomic E-state index is 0.331. The third kappa shape index (κ3) is 2.44. The Bertz CT molecular complexity index is 477. The largest absolute Gasteiger partial charge is 0.477 e. The Kier molecular flexibility index (Phi) is 3.10. The first-order valence-electron chi connectivity index (χ1n) is 5.34. The summed E-state index contributed by atoms with van der Waals surface area (Å²) in [5.74, 6) is -0.822. The predicted molar refractivity (Wildman–Crippen MR) is 61.5 cm³/mol. The van der Waals surface area contributed by atoms with Crippen LogP contribution in [0.15, 0.2) is 11.0 Å². The van der Waals surface area contributed by atoms with E-state index in [0.717, 1.165) is 32.4 Å². The van der Waals surface area contributed by atoms with Crippen molar-refractivity contribution in [3.8, 4) is 0 Å². The summed E-state index contributed by atoms with van der Waals surface area (Å²) >= 11 is 0. The van der Waals surface area contributed by atoms with Crippen LogP contribution in [0.2, 0.25) is 0 Å². The number of aromatic nitrogens is 2. The van der Waals surface area contributed by atoms with E-state index >= 15 is 0 Å². The van der Waals surface area contributed by atoms with Crippen LogP contribution in [-0.2, 0) is 0 Å². The third-order valence-corrected chi connectivity index (χ3v) is 2.82. The second kappa shape index (κ2) is 4.54. The average Bonchev–Trinajstić information content (AvgIpc) is 2.29. The zero-order valence-electron chi connectivity index (χ0n) is 9.51. The van der Waals surface area contributed by atoms with Gasteiger partial charge in [-0.3, -0.25) is 9.78 Å². The molecule has 92 valence electrons. The molecular formula is C10H14N4O3. The van der Waals surface area contributed by atoms with Gasteiger partial charge in [-0.15, -0.1) is 0 Å². The molecule has 1 saturated heterocycles. The van der Waals surface area contributed by atoms with Crippen molar-refractivity contribution in [1.29, 1.82) is 0 Å². The lowest BCUT2D eigenvalue weighted by Crippen LogP contribution is -2.45. The molecule has 1 aliphatic rings. The monoisotopic (exact) mass is 238 g/mol. The Morgan fingerprint density at radius 2 is 2.06 bits per heavy atom. The molecule has 0 aliphatic carbocycles. The number of hydrogen-bond donors (Lipinski definition) is 2. The van der Waals surface area contributed by atoms with Crippen LogP contribution in [0.3, 0.4) is 0 Å². The van der Waals surface area contributed by atoms with Crippen LogP contribution in [0.5, 0.6) is 0 Å². The van der Waals surface area contributed by atoms with Crippen LogP contribution in [0.4, 0.5) is 5.95 Å². The molecule has 0 radical (unpaired) electrons. The molecule has 7 nitrogen and oxygen atoms in total. The van der Waals surface area contributed by atoms with Gasteiger partial charge in [-0.25, -0.2) is 9.78 Å². The summed E-state index contributed by atoms with van der Waals surface area (Å²) in [5.41, 5.74) is -0.940. The zero-order valence-corrected chi connectivity index (χ0v) is 9.51. The Hall–Kier alpha value is -1.89. The highest BCUT2D eigenvalue weighted by atomic mass is 16.4. The number of aromatic carboxylic acids is 1. The number of carboxylic acids is 1. The molecule has 0 unspecified atom stereocenters. The molecule has 1 aromatic rings. The van der Waals surface area contributed by atoms with Crippen molar-refractivity contribution in [2.24, 2.45) is 0 Å². The van der Waals surface area contributed by atoms with Crippen molar-refractivity contribution >= 4 is 11.9 Å². The highest BCUT2D eigenvalue weighted by Gasteiger charge is 2.17.